The van der Waals surface area contributed by atoms with Crippen molar-refractivity contribution in [1.82, 2.24) is 14.9 Å². The number of anilines is 3. The van der Waals surface area contributed by atoms with E-state index in [-0.39, 0.29) is 18.3 Å². The number of hydrogen-bond donors (Lipinski definition) is 1. The van der Waals surface area contributed by atoms with E-state index in [1.165, 1.54) is 18.5 Å². The zero-order valence-electron chi connectivity index (χ0n) is 22.8. The van der Waals surface area contributed by atoms with Gasteiger partial charge in [-0.05, 0) is 48.0 Å². The van der Waals surface area contributed by atoms with Crippen LogP contribution in [-0.2, 0) is 16.1 Å². The van der Waals surface area contributed by atoms with Gasteiger partial charge in [-0.15, -0.1) is 0 Å². The van der Waals surface area contributed by atoms with Gasteiger partial charge in [0.25, 0.3) is 5.91 Å². The topological polar surface area (TPSA) is 89.1 Å². The smallest absolute Gasteiger partial charge is 0.250 e. The van der Waals surface area contributed by atoms with E-state index in [0.29, 0.717) is 83.1 Å². The van der Waals surface area contributed by atoms with Gasteiger partial charge in [0.1, 0.15) is 36.9 Å². The Bertz CT molecular complexity index is 1630. The van der Waals surface area contributed by atoms with Gasteiger partial charge in [-0.25, -0.2) is 14.4 Å². The molecule has 1 aromatic heterocycles. The van der Waals surface area contributed by atoms with Gasteiger partial charge in [-0.1, -0.05) is 29.8 Å². The molecule has 0 atom stereocenters. The molecule has 1 saturated heterocycles. The SMILES string of the molecule is O=C(/C=C/CN1CCOCC1)N1CCOc2c1ccc1ncnc(Nc3ccc(OCc4cccc(F)c4)c(Cl)c3)c21. The first-order chi connectivity index (χ1) is 20.5. The molecule has 0 aliphatic carbocycles. The lowest BCUT2D eigenvalue weighted by Gasteiger charge is -2.30. The molecule has 0 radical (unpaired) electrons. The molecule has 2 aliphatic rings. The van der Waals surface area contributed by atoms with Crippen LogP contribution in [0.1, 0.15) is 5.56 Å². The summed E-state index contributed by atoms with van der Waals surface area (Å²) in [5.74, 6) is 1.09. The molecule has 3 aromatic carbocycles. The minimum absolute atomic E-state index is 0.112. The van der Waals surface area contributed by atoms with E-state index in [1.807, 2.05) is 24.3 Å². The number of benzene rings is 3. The van der Waals surface area contributed by atoms with E-state index in [1.54, 1.807) is 35.2 Å². The number of morpholine rings is 1. The Morgan fingerprint density at radius 1 is 1.07 bits per heavy atom. The lowest BCUT2D eigenvalue weighted by atomic mass is 10.1. The van der Waals surface area contributed by atoms with Gasteiger partial charge in [0, 0.05) is 31.4 Å². The molecule has 3 heterocycles. The maximum absolute atomic E-state index is 13.5. The predicted octanol–water partition coefficient (Wildman–Crippen LogP) is 5.36. The second-order valence-corrected chi connectivity index (χ2v) is 10.3. The number of fused-ring (bicyclic) bond motifs is 3. The molecule has 1 N–H and O–H groups in total. The van der Waals surface area contributed by atoms with Crippen molar-refractivity contribution in [3.63, 3.8) is 0 Å². The molecule has 1 amide bonds. The zero-order valence-corrected chi connectivity index (χ0v) is 23.5. The van der Waals surface area contributed by atoms with E-state index < -0.39 is 0 Å². The standard InChI is InChI=1S/C31H29ClFN5O4/c32-24-18-23(6-9-27(24)42-19-21-3-1-4-22(33)17-21)36-31-29-25(34-20-35-31)7-8-26-30(29)41-16-13-38(26)28(39)5-2-10-37-11-14-40-15-12-37/h1-9,17-18,20H,10-16,19H2,(H,34,35,36)/b5-2+. The Morgan fingerprint density at radius 2 is 1.95 bits per heavy atom. The predicted molar refractivity (Wildman–Crippen MR) is 159 cm³/mol. The Labute approximate surface area is 247 Å². The highest BCUT2D eigenvalue weighted by atomic mass is 35.5. The third kappa shape index (κ3) is 6.30. The molecule has 0 unspecified atom stereocenters. The van der Waals surface area contributed by atoms with Crippen molar-refractivity contribution in [3.8, 4) is 11.5 Å². The fraction of sp³-hybridized carbons (Fsp3) is 0.258. The summed E-state index contributed by atoms with van der Waals surface area (Å²) in [6.45, 7) is 4.79. The summed E-state index contributed by atoms with van der Waals surface area (Å²) in [5.41, 5.74) is 2.70. The zero-order chi connectivity index (χ0) is 28.9. The quantitative estimate of drug-likeness (QED) is 0.275. The fourth-order valence-electron chi connectivity index (χ4n) is 4.95. The van der Waals surface area contributed by atoms with Crippen molar-refractivity contribution in [1.29, 1.82) is 0 Å². The second-order valence-electron chi connectivity index (χ2n) is 9.87. The molecular weight excluding hydrogens is 561 g/mol. The highest BCUT2D eigenvalue weighted by Gasteiger charge is 2.26. The molecule has 0 spiro atoms. The largest absolute Gasteiger partial charge is 0.489 e. The van der Waals surface area contributed by atoms with Gasteiger partial charge in [-0.3, -0.25) is 9.69 Å². The van der Waals surface area contributed by atoms with Crippen molar-refractivity contribution >= 4 is 45.6 Å². The van der Waals surface area contributed by atoms with Crippen LogP contribution < -0.4 is 19.7 Å². The average molecular weight is 590 g/mol. The summed E-state index contributed by atoms with van der Waals surface area (Å²) in [5, 5.41) is 4.35. The van der Waals surface area contributed by atoms with Gasteiger partial charge >= 0.3 is 0 Å². The number of aromatic nitrogens is 2. The summed E-state index contributed by atoms with van der Waals surface area (Å²) >= 11 is 6.52. The van der Waals surface area contributed by atoms with Crippen molar-refractivity contribution in [2.75, 3.05) is 56.2 Å². The Morgan fingerprint density at radius 3 is 2.79 bits per heavy atom. The number of nitrogens with one attached hydrogen (secondary N) is 1. The first kappa shape index (κ1) is 27.9. The third-order valence-electron chi connectivity index (χ3n) is 7.06. The highest BCUT2D eigenvalue weighted by molar-refractivity contribution is 6.32. The van der Waals surface area contributed by atoms with E-state index >= 15 is 0 Å². The molecule has 9 nitrogen and oxygen atoms in total. The number of rotatable bonds is 8. The minimum Gasteiger partial charge on any atom is -0.489 e. The number of hydrogen-bond acceptors (Lipinski definition) is 8. The number of nitrogens with zero attached hydrogens (tertiary/aromatic N) is 4. The maximum atomic E-state index is 13.5. The van der Waals surface area contributed by atoms with Crippen LogP contribution in [0.3, 0.4) is 0 Å². The molecule has 42 heavy (non-hydrogen) atoms. The summed E-state index contributed by atoms with van der Waals surface area (Å²) in [7, 11) is 0. The highest BCUT2D eigenvalue weighted by Crippen LogP contribution is 2.42. The van der Waals surface area contributed by atoms with Gasteiger partial charge in [0.05, 0.1) is 41.4 Å². The third-order valence-corrected chi connectivity index (χ3v) is 7.35. The first-order valence-electron chi connectivity index (χ1n) is 13.7. The lowest BCUT2D eigenvalue weighted by molar-refractivity contribution is -0.114. The van der Waals surface area contributed by atoms with Crippen LogP contribution in [-0.4, -0.2) is 66.8 Å². The maximum Gasteiger partial charge on any atom is 0.250 e. The van der Waals surface area contributed by atoms with Crippen LogP contribution in [0.5, 0.6) is 11.5 Å². The number of amides is 1. The Hall–Kier alpha value is -4.25. The van der Waals surface area contributed by atoms with Gasteiger partial charge < -0.3 is 24.4 Å². The van der Waals surface area contributed by atoms with Crippen LogP contribution in [0.4, 0.5) is 21.6 Å². The van der Waals surface area contributed by atoms with Crippen molar-refractivity contribution < 1.29 is 23.4 Å². The molecule has 2 aliphatic heterocycles. The summed E-state index contributed by atoms with van der Waals surface area (Å²) in [4.78, 5) is 26.0. The van der Waals surface area contributed by atoms with E-state index in [4.69, 9.17) is 25.8 Å². The van der Waals surface area contributed by atoms with Gasteiger partial charge in [0.2, 0.25) is 0 Å². The minimum atomic E-state index is -0.322. The molecule has 216 valence electrons. The van der Waals surface area contributed by atoms with Crippen LogP contribution in [0.25, 0.3) is 10.9 Å². The molecule has 0 bridgehead atoms. The van der Waals surface area contributed by atoms with Crippen LogP contribution in [0.2, 0.25) is 5.02 Å². The van der Waals surface area contributed by atoms with Crippen molar-refractivity contribution in [2.24, 2.45) is 0 Å². The number of halogens is 2. The molecule has 1 fully saturated rings. The number of carbonyl (C=O) groups excluding carboxylic acids is 1. The Balaban J connectivity index is 1.20. The van der Waals surface area contributed by atoms with Crippen molar-refractivity contribution in [2.45, 2.75) is 6.61 Å². The van der Waals surface area contributed by atoms with Gasteiger partial charge in [0.15, 0.2) is 5.75 Å². The van der Waals surface area contributed by atoms with E-state index in [9.17, 15) is 9.18 Å². The number of ether oxygens (including phenoxy) is 3. The van der Waals surface area contributed by atoms with Gasteiger partial charge in [-0.2, -0.15) is 0 Å². The molecule has 4 aromatic rings. The normalized spacial score (nSPS) is 15.4. The first-order valence-corrected chi connectivity index (χ1v) is 14.1. The molecule has 6 rings (SSSR count). The second kappa shape index (κ2) is 12.7. The Kier molecular flexibility index (Phi) is 8.45. The monoisotopic (exact) mass is 589 g/mol. The summed E-state index contributed by atoms with van der Waals surface area (Å²) in [6, 6.07) is 15.2. The summed E-state index contributed by atoms with van der Waals surface area (Å²) in [6.07, 6.45) is 4.99. The van der Waals surface area contributed by atoms with Crippen molar-refractivity contribution in [3.05, 3.63) is 89.5 Å². The van der Waals surface area contributed by atoms with Crippen LogP contribution in [0, 0.1) is 5.82 Å². The molecule has 11 heteroatoms. The molecule has 0 saturated carbocycles. The van der Waals surface area contributed by atoms with Crippen LogP contribution in [0.15, 0.2) is 73.1 Å². The van der Waals surface area contributed by atoms with E-state index in [2.05, 4.69) is 20.2 Å². The lowest BCUT2D eigenvalue weighted by Crippen LogP contribution is -2.38. The van der Waals surface area contributed by atoms with Crippen LogP contribution >= 0.6 is 11.6 Å². The fourth-order valence-corrected chi connectivity index (χ4v) is 5.18. The average Bonchev–Trinajstić information content (AvgIpc) is 3.01. The summed E-state index contributed by atoms with van der Waals surface area (Å²) < 4.78 is 30.8. The van der Waals surface area contributed by atoms with E-state index in [0.717, 1.165) is 13.1 Å². The molecular formula is C31H29ClFN5O4. The number of carbonyl (C=O) groups is 1.